The maximum Gasteiger partial charge on any atom is 0.251 e. The number of H-pyrrole nitrogens is 1. The van der Waals surface area contributed by atoms with Crippen molar-refractivity contribution < 1.29 is 4.79 Å². The smallest absolute Gasteiger partial charge is 0.251 e. The van der Waals surface area contributed by atoms with Crippen LogP contribution in [0, 0.1) is 0 Å². The molecule has 1 amide bonds. The lowest BCUT2D eigenvalue weighted by molar-refractivity contribution is 0.0955. The normalized spacial score (nSPS) is 10.7. The minimum Gasteiger partial charge on any atom is -0.372 e. The van der Waals surface area contributed by atoms with E-state index in [4.69, 9.17) is 0 Å². The van der Waals surface area contributed by atoms with Crippen molar-refractivity contribution in [3.63, 3.8) is 0 Å². The maximum absolute atomic E-state index is 12.4. The van der Waals surface area contributed by atoms with Crippen LogP contribution in [0.3, 0.4) is 0 Å². The van der Waals surface area contributed by atoms with E-state index in [0.29, 0.717) is 6.54 Å². The van der Waals surface area contributed by atoms with Gasteiger partial charge in [-0.2, -0.15) is 0 Å². The molecule has 0 aliphatic heterocycles. The van der Waals surface area contributed by atoms with Crippen LogP contribution in [0.5, 0.6) is 0 Å². The van der Waals surface area contributed by atoms with Crippen LogP contribution in [-0.2, 0) is 0 Å². The highest BCUT2D eigenvalue weighted by Gasteiger charge is 2.10. The van der Waals surface area contributed by atoms with E-state index in [1.807, 2.05) is 36.5 Å². The molecular weight excluding hydrogens is 298 g/mol. The lowest BCUT2D eigenvalue weighted by Crippen LogP contribution is -2.30. The second-order valence-electron chi connectivity index (χ2n) is 5.77. The number of carbonyl (C=O) groups excluding carboxylic acids is 1. The first-order valence-corrected chi connectivity index (χ1v) is 8.44. The Balaban J connectivity index is 1.53. The number of hydrogen-bond donors (Lipinski definition) is 2. The molecule has 0 bridgehead atoms. The Morgan fingerprint density at radius 1 is 1.08 bits per heavy atom. The fourth-order valence-corrected chi connectivity index (χ4v) is 2.96. The number of nitrogens with zero attached hydrogens (tertiary/aromatic N) is 1. The third-order valence-electron chi connectivity index (χ3n) is 4.23. The predicted molar refractivity (Wildman–Crippen MR) is 99.6 cm³/mol. The molecule has 3 rings (SSSR count). The number of benzene rings is 2. The summed E-state index contributed by atoms with van der Waals surface area (Å²) in [4.78, 5) is 17.9. The van der Waals surface area contributed by atoms with Crippen LogP contribution in [0.4, 0.5) is 5.69 Å². The Labute approximate surface area is 142 Å². The van der Waals surface area contributed by atoms with E-state index >= 15 is 0 Å². The van der Waals surface area contributed by atoms with E-state index in [2.05, 4.69) is 46.4 Å². The van der Waals surface area contributed by atoms with Crippen LogP contribution in [0.2, 0.25) is 0 Å². The molecule has 0 atom stereocenters. The Bertz CT molecular complexity index is 795. The number of para-hydroxylation sites is 1. The number of nitrogens with one attached hydrogen (secondary N) is 2. The molecule has 3 aromatic rings. The summed E-state index contributed by atoms with van der Waals surface area (Å²) in [6.07, 6.45) is 2.78. The zero-order chi connectivity index (χ0) is 16.8. The number of aromatic amines is 1. The van der Waals surface area contributed by atoms with Crippen molar-refractivity contribution in [2.24, 2.45) is 0 Å². The Morgan fingerprint density at radius 3 is 2.71 bits per heavy atom. The lowest BCUT2D eigenvalue weighted by Gasteiger charge is -2.23. The Hall–Kier alpha value is -2.75. The molecule has 24 heavy (non-hydrogen) atoms. The van der Waals surface area contributed by atoms with Crippen molar-refractivity contribution in [2.45, 2.75) is 13.3 Å². The summed E-state index contributed by atoms with van der Waals surface area (Å²) in [6.45, 7) is 4.71. The van der Waals surface area contributed by atoms with E-state index in [0.717, 1.165) is 36.0 Å². The quantitative estimate of drug-likeness (QED) is 0.650. The molecule has 1 heterocycles. The molecule has 0 radical (unpaired) electrons. The first-order chi connectivity index (χ1) is 11.8. The largest absolute Gasteiger partial charge is 0.372 e. The molecule has 0 spiro atoms. The lowest BCUT2D eigenvalue weighted by atomic mass is 10.1. The summed E-state index contributed by atoms with van der Waals surface area (Å²) in [5.74, 6) is -0.0111. The topological polar surface area (TPSA) is 48.1 Å². The van der Waals surface area contributed by atoms with Gasteiger partial charge in [-0.15, -0.1) is 0 Å². The Morgan fingerprint density at radius 2 is 1.92 bits per heavy atom. The second kappa shape index (κ2) is 7.68. The van der Waals surface area contributed by atoms with Gasteiger partial charge in [0.2, 0.25) is 0 Å². The summed E-state index contributed by atoms with van der Waals surface area (Å²) in [5, 5.41) is 4.00. The molecule has 2 aromatic carbocycles. The highest BCUT2D eigenvalue weighted by Crippen LogP contribution is 2.17. The molecule has 0 unspecified atom stereocenters. The highest BCUT2D eigenvalue weighted by atomic mass is 16.1. The standard InChI is InChI=1S/C20H23N3O/c1-2-23(16-8-4-3-5-9-16)15-7-13-22-20(24)18-10-6-11-19-17(18)12-14-21-19/h3-6,8-12,14,21H,2,7,13,15H2,1H3,(H,22,24). The summed E-state index contributed by atoms with van der Waals surface area (Å²) >= 11 is 0. The average molecular weight is 321 g/mol. The monoisotopic (exact) mass is 321 g/mol. The molecule has 0 aliphatic rings. The third kappa shape index (κ3) is 3.59. The van der Waals surface area contributed by atoms with E-state index in [1.165, 1.54) is 5.69 Å². The van der Waals surface area contributed by atoms with Crippen molar-refractivity contribution in [2.75, 3.05) is 24.5 Å². The highest BCUT2D eigenvalue weighted by molar-refractivity contribution is 6.06. The van der Waals surface area contributed by atoms with Gasteiger partial charge in [0.15, 0.2) is 0 Å². The van der Waals surface area contributed by atoms with Gasteiger partial charge >= 0.3 is 0 Å². The average Bonchev–Trinajstić information content (AvgIpc) is 3.11. The van der Waals surface area contributed by atoms with Gasteiger partial charge in [0, 0.05) is 48.0 Å². The number of rotatable bonds is 7. The van der Waals surface area contributed by atoms with Crippen molar-refractivity contribution in [3.05, 3.63) is 66.4 Å². The van der Waals surface area contributed by atoms with Crippen molar-refractivity contribution >= 4 is 22.5 Å². The van der Waals surface area contributed by atoms with Gasteiger partial charge in [0.05, 0.1) is 0 Å². The van der Waals surface area contributed by atoms with Gasteiger partial charge in [0.1, 0.15) is 0 Å². The van der Waals surface area contributed by atoms with Crippen LogP contribution < -0.4 is 10.2 Å². The van der Waals surface area contributed by atoms with Crippen molar-refractivity contribution in [3.8, 4) is 0 Å². The first-order valence-electron chi connectivity index (χ1n) is 8.44. The van der Waals surface area contributed by atoms with Gasteiger partial charge in [-0.25, -0.2) is 0 Å². The molecule has 0 fully saturated rings. The van der Waals surface area contributed by atoms with Gasteiger partial charge in [-0.3, -0.25) is 4.79 Å². The second-order valence-corrected chi connectivity index (χ2v) is 5.77. The summed E-state index contributed by atoms with van der Waals surface area (Å²) in [5.41, 5.74) is 2.94. The number of hydrogen-bond acceptors (Lipinski definition) is 2. The first kappa shape index (κ1) is 16.1. The van der Waals surface area contributed by atoms with E-state index in [9.17, 15) is 4.79 Å². The SMILES string of the molecule is CCN(CCCNC(=O)c1cccc2[nH]ccc12)c1ccccc1. The van der Waals surface area contributed by atoms with Gasteiger partial charge in [0.25, 0.3) is 5.91 Å². The van der Waals surface area contributed by atoms with Gasteiger partial charge < -0.3 is 15.2 Å². The zero-order valence-corrected chi connectivity index (χ0v) is 14.0. The van der Waals surface area contributed by atoms with Gasteiger partial charge in [-0.1, -0.05) is 24.3 Å². The molecule has 1 aromatic heterocycles. The molecule has 0 aliphatic carbocycles. The van der Waals surface area contributed by atoms with Crippen LogP contribution in [0.15, 0.2) is 60.8 Å². The minimum absolute atomic E-state index is 0.0111. The van der Waals surface area contributed by atoms with Crippen LogP contribution >= 0.6 is 0 Å². The molecule has 124 valence electrons. The number of carbonyl (C=O) groups is 1. The van der Waals surface area contributed by atoms with Crippen molar-refractivity contribution in [1.29, 1.82) is 0 Å². The summed E-state index contributed by atoms with van der Waals surface area (Å²) in [6, 6.07) is 18.1. The molecule has 4 nitrogen and oxygen atoms in total. The predicted octanol–water partition coefficient (Wildman–Crippen LogP) is 3.81. The fraction of sp³-hybridized carbons (Fsp3) is 0.250. The molecule has 4 heteroatoms. The molecule has 0 saturated heterocycles. The molecule has 0 saturated carbocycles. The molecular formula is C20H23N3O. The zero-order valence-electron chi connectivity index (χ0n) is 14.0. The summed E-state index contributed by atoms with van der Waals surface area (Å²) in [7, 11) is 0. The third-order valence-corrected chi connectivity index (χ3v) is 4.23. The molecule has 2 N–H and O–H groups in total. The number of amides is 1. The van der Waals surface area contributed by atoms with E-state index in [-0.39, 0.29) is 5.91 Å². The van der Waals surface area contributed by atoms with E-state index < -0.39 is 0 Å². The fourth-order valence-electron chi connectivity index (χ4n) is 2.96. The maximum atomic E-state index is 12.4. The number of anilines is 1. The van der Waals surface area contributed by atoms with Crippen molar-refractivity contribution in [1.82, 2.24) is 10.3 Å². The summed E-state index contributed by atoms with van der Waals surface area (Å²) < 4.78 is 0. The number of aromatic nitrogens is 1. The van der Waals surface area contributed by atoms with Crippen LogP contribution in [-0.4, -0.2) is 30.5 Å². The van der Waals surface area contributed by atoms with Crippen LogP contribution in [0.25, 0.3) is 10.9 Å². The van der Waals surface area contributed by atoms with Gasteiger partial charge in [-0.05, 0) is 43.7 Å². The van der Waals surface area contributed by atoms with E-state index in [1.54, 1.807) is 0 Å². The minimum atomic E-state index is -0.0111. The number of fused-ring (bicyclic) bond motifs is 1. The van der Waals surface area contributed by atoms with Crippen LogP contribution in [0.1, 0.15) is 23.7 Å². The Kier molecular flexibility index (Phi) is 5.16.